The van der Waals surface area contributed by atoms with Crippen LogP contribution in [0.2, 0.25) is 0 Å². The third kappa shape index (κ3) is 3.20. The molecule has 1 aromatic rings. The van der Waals surface area contributed by atoms with Gasteiger partial charge >= 0.3 is 5.97 Å². The second-order valence-electron chi connectivity index (χ2n) is 4.32. The molecule has 1 aliphatic rings. The lowest BCUT2D eigenvalue weighted by atomic mass is 10.1. The van der Waals surface area contributed by atoms with Gasteiger partial charge in [0.25, 0.3) is 5.91 Å². The monoisotopic (exact) mass is 300 g/mol. The summed E-state index contributed by atoms with van der Waals surface area (Å²) in [7, 11) is 0. The molecule has 6 nitrogen and oxygen atoms in total. The first kappa shape index (κ1) is 14.6. The van der Waals surface area contributed by atoms with Crippen LogP contribution in [-0.4, -0.2) is 38.6 Å². The Morgan fingerprint density at radius 2 is 1.95 bits per heavy atom. The van der Waals surface area contributed by atoms with E-state index in [9.17, 15) is 18.2 Å². The molecule has 1 saturated heterocycles. The van der Waals surface area contributed by atoms with Crippen molar-refractivity contribution in [2.45, 2.75) is 12.8 Å². The van der Waals surface area contributed by atoms with Crippen molar-refractivity contribution in [3.05, 3.63) is 35.1 Å². The van der Waals surface area contributed by atoms with E-state index in [0.717, 1.165) is 25.0 Å². The molecule has 8 heteroatoms. The average molecular weight is 300 g/mol. The van der Waals surface area contributed by atoms with Crippen LogP contribution in [0, 0.1) is 5.82 Å². The van der Waals surface area contributed by atoms with Gasteiger partial charge in [0.15, 0.2) is 11.2 Å². The van der Waals surface area contributed by atoms with E-state index in [1.165, 1.54) is 6.07 Å². The molecule has 1 unspecified atom stereocenters. The van der Waals surface area contributed by atoms with Crippen LogP contribution in [0.5, 0.6) is 0 Å². The van der Waals surface area contributed by atoms with Gasteiger partial charge in [0, 0.05) is 18.7 Å². The van der Waals surface area contributed by atoms with E-state index in [4.69, 9.17) is 5.11 Å². The van der Waals surface area contributed by atoms with Crippen molar-refractivity contribution in [2.75, 3.05) is 13.1 Å². The number of carboxylic acid groups (broad SMARTS) is 1. The summed E-state index contributed by atoms with van der Waals surface area (Å²) in [6.45, 7) is 1.28. The van der Waals surface area contributed by atoms with Gasteiger partial charge in [0.05, 0.1) is 5.56 Å². The van der Waals surface area contributed by atoms with Crippen molar-refractivity contribution in [2.24, 2.45) is 0 Å². The summed E-state index contributed by atoms with van der Waals surface area (Å²) < 4.78 is 29.1. The number of hydrogen-bond acceptors (Lipinski definition) is 3. The molecular formula is C12H13FN2O4S. The molecule has 0 bridgehead atoms. The third-order valence-corrected chi connectivity index (χ3v) is 4.14. The minimum atomic E-state index is -1.65. The van der Waals surface area contributed by atoms with Crippen LogP contribution >= 0.6 is 0 Å². The number of amides is 1. The van der Waals surface area contributed by atoms with E-state index in [1.807, 2.05) is 0 Å². The fourth-order valence-electron chi connectivity index (χ4n) is 1.89. The van der Waals surface area contributed by atoms with Gasteiger partial charge in [-0.25, -0.2) is 17.7 Å². The molecule has 0 aliphatic carbocycles. The average Bonchev–Trinajstić information content (AvgIpc) is 2.91. The fourth-order valence-corrected chi connectivity index (χ4v) is 2.88. The molecule has 2 rings (SSSR count). The number of nitrogens with zero attached hydrogens (tertiary/aromatic N) is 1. The van der Waals surface area contributed by atoms with Gasteiger partial charge in [-0.2, -0.15) is 0 Å². The molecule has 1 amide bonds. The highest BCUT2D eigenvalue weighted by molar-refractivity contribution is 7.81. The Hall–Kier alpha value is -1.80. The van der Waals surface area contributed by atoms with E-state index in [-0.39, 0.29) is 5.56 Å². The Balaban J connectivity index is 2.07. The summed E-state index contributed by atoms with van der Waals surface area (Å²) in [4.78, 5) is 22.5. The summed E-state index contributed by atoms with van der Waals surface area (Å²) in [5.41, 5.74) is -0.581. The zero-order valence-electron chi connectivity index (χ0n) is 10.5. The van der Waals surface area contributed by atoms with E-state index >= 15 is 0 Å². The Morgan fingerprint density at radius 3 is 2.50 bits per heavy atom. The van der Waals surface area contributed by atoms with Gasteiger partial charge in [0.1, 0.15) is 5.82 Å². The molecule has 2 N–H and O–H groups in total. The predicted octanol–water partition coefficient (Wildman–Crippen LogP) is 0.928. The Labute approximate surface area is 117 Å². The number of carboxylic acids is 1. The first-order valence-corrected chi connectivity index (χ1v) is 7.10. The molecule has 1 aliphatic heterocycles. The number of hydrogen-bond donors (Lipinski definition) is 2. The molecule has 0 saturated carbocycles. The minimum absolute atomic E-state index is 0.0694. The topological polar surface area (TPSA) is 86.7 Å². The highest BCUT2D eigenvalue weighted by atomic mass is 32.2. The fraction of sp³-hybridized carbons (Fsp3) is 0.333. The standard InChI is InChI=1S/C12H13FN2O4S/c13-10-7-8(3-4-9(10)12(17)18)11(16)14-20(19)15-5-1-2-6-15/h3-4,7H,1-2,5-6H2,(H,14,16)(H,17,18). The highest BCUT2D eigenvalue weighted by Gasteiger charge is 2.21. The van der Waals surface area contributed by atoms with E-state index in [1.54, 1.807) is 4.31 Å². The number of halogens is 1. The lowest BCUT2D eigenvalue weighted by Crippen LogP contribution is -2.36. The Morgan fingerprint density at radius 1 is 1.30 bits per heavy atom. The number of nitrogens with one attached hydrogen (secondary N) is 1. The molecule has 1 heterocycles. The Kier molecular flexibility index (Phi) is 4.46. The maximum atomic E-state index is 13.5. The molecular weight excluding hydrogens is 287 g/mol. The number of rotatable bonds is 4. The predicted molar refractivity (Wildman–Crippen MR) is 69.8 cm³/mol. The number of carbonyl (C=O) groups excluding carboxylic acids is 1. The maximum Gasteiger partial charge on any atom is 0.338 e. The highest BCUT2D eigenvalue weighted by Crippen LogP contribution is 2.12. The lowest BCUT2D eigenvalue weighted by molar-refractivity contribution is 0.0691. The summed E-state index contributed by atoms with van der Waals surface area (Å²) in [5, 5.41) is 8.69. The van der Waals surface area contributed by atoms with Crippen molar-refractivity contribution < 1.29 is 23.3 Å². The molecule has 108 valence electrons. The van der Waals surface area contributed by atoms with Crippen molar-refractivity contribution in [1.82, 2.24) is 9.03 Å². The number of carbonyl (C=O) groups is 2. The molecule has 20 heavy (non-hydrogen) atoms. The van der Waals surface area contributed by atoms with Gasteiger partial charge in [-0.15, -0.1) is 0 Å². The van der Waals surface area contributed by atoms with Crippen molar-refractivity contribution in [3.8, 4) is 0 Å². The van der Waals surface area contributed by atoms with E-state index < -0.39 is 34.4 Å². The zero-order valence-corrected chi connectivity index (χ0v) is 11.3. The normalized spacial score (nSPS) is 16.9. The Bertz CT molecular complexity index is 573. The van der Waals surface area contributed by atoms with Gasteiger partial charge in [-0.3, -0.25) is 9.52 Å². The molecule has 1 fully saturated rings. The summed E-state index contributed by atoms with van der Waals surface area (Å²) in [6.07, 6.45) is 1.84. The first-order valence-electron chi connectivity index (χ1n) is 5.99. The maximum absolute atomic E-state index is 13.5. The SMILES string of the molecule is O=C(NS(=O)N1CCCC1)c1ccc(C(=O)O)c(F)c1. The van der Waals surface area contributed by atoms with Gasteiger partial charge < -0.3 is 5.11 Å². The number of aromatic carboxylic acids is 1. The van der Waals surface area contributed by atoms with Gasteiger partial charge in [0.2, 0.25) is 0 Å². The van der Waals surface area contributed by atoms with Crippen LogP contribution in [0.15, 0.2) is 18.2 Å². The van der Waals surface area contributed by atoms with Crippen LogP contribution in [0.3, 0.4) is 0 Å². The summed E-state index contributed by atoms with van der Waals surface area (Å²) in [6, 6.07) is 3.01. The minimum Gasteiger partial charge on any atom is -0.478 e. The van der Waals surface area contributed by atoms with Crippen molar-refractivity contribution in [1.29, 1.82) is 0 Å². The van der Waals surface area contributed by atoms with E-state index in [2.05, 4.69) is 4.72 Å². The van der Waals surface area contributed by atoms with Crippen LogP contribution in [0.4, 0.5) is 4.39 Å². The molecule has 0 aromatic heterocycles. The smallest absolute Gasteiger partial charge is 0.338 e. The summed E-state index contributed by atoms with van der Waals surface area (Å²) in [5.74, 6) is -3.11. The quantitative estimate of drug-likeness (QED) is 0.866. The van der Waals surface area contributed by atoms with E-state index in [0.29, 0.717) is 13.1 Å². The second kappa shape index (κ2) is 6.10. The van der Waals surface area contributed by atoms with Crippen LogP contribution < -0.4 is 4.72 Å². The van der Waals surface area contributed by atoms with Crippen LogP contribution in [0.25, 0.3) is 0 Å². The first-order chi connectivity index (χ1) is 9.49. The molecule has 1 aromatic carbocycles. The third-order valence-electron chi connectivity index (χ3n) is 2.94. The van der Waals surface area contributed by atoms with Gasteiger partial charge in [-0.05, 0) is 31.0 Å². The molecule has 1 atom stereocenters. The van der Waals surface area contributed by atoms with Crippen molar-refractivity contribution in [3.63, 3.8) is 0 Å². The second-order valence-corrected chi connectivity index (χ2v) is 5.54. The zero-order chi connectivity index (χ0) is 14.7. The summed E-state index contributed by atoms with van der Waals surface area (Å²) >= 11 is -1.65. The van der Waals surface area contributed by atoms with Gasteiger partial charge in [-0.1, -0.05) is 0 Å². The van der Waals surface area contributed by atoms with Crippen LogP contribution in [0.1, 0.15) is 33.6 Å². The largest absolute Gasteiger partial charge is 0.478 e. The van der Waals surface area contributed by atoms with Crippen LogP contribution in [-0.2, 0) is 11.2 Å². The number of benzene rings is 1. The van der Waals surface area contributed by atoms with Crippen molar-refractivity contribution >= 4 is 23.0 Å². The molecule has 0 radical (unpaired) electrons. The molecule has 0 spiro atoms. The lowest BCUT2D eigenvalue weighted by Gasteiger charge is -2.14.